The van der Waals surface area contributed by atoms with E-state index in [1.54, 1.807) is 12.1 Å². The Morgan fingerprint density at radius 1 is 1.12 bits per heavy atom. The van der Waals surface area contributed by atoms with E-state index in [-0.39, 0.29) is 6.10 Å². The van der Waals surface area contributed by atoms with Gasteiger partial charge in [0.2, 0.25) is 0 Å². The summed E-state index contributed by atoms with van der Waals surface area (Å²) in [5.41, 5.74) is 2.56. The number of phenols is 1. The molecule has 0 spiro atoms. The van der Waals surface area contributed by atoms with Crippen molar-refractivity contribution in [3.8, 4) is 5.75 Å². The van der Waals surface area contributed by atoms with Crippen LogP contribution in [0.4, 0.5) is 0 Å². The molecule has 2 N–H and O–H groups in total. The molecule has 0 saturated carbocycles. The molecule has 0 bridgehead atoms. The Morgan fingerprint density at radius 2 is 1.88 bits per heavy atom. The molecule has 2 aromatic rings. The number of phenolic OH excluding ortho intramolecular Hbond substituents is 1. The van der Waals surface area contributed by atoms with E-state index in [0.717, 1.165) is 32.4 Å². The highest BCUT2D eigenvalue weighted by Gasteiger charge is 2.29. The first-order chi connectivity index (χ1) is 11.7. The fourth-order valence-electron chi connectivity index (χ4n) is 3.35. The van der Waals surface area contributed by atoms with Crippen LogP contribution in [0.5, 0.6) is 5.75 Å². The van der Waals surface area contributed by atoms with Crippen molar-refractivity contribution in [2.75, 3.05) is 13.2 Å². The number of aromatic hydroxyl groups is 1. The van der Waals surface area contributed by atoms with Crippen molar-refractivity contribution in [3.63, 3.8) is 0 Å². The van der Waals surface area contributed by atoms with E-state index in [2.05, 4.69) is 42.6 Å². The maximum Gasteiger partial charge on any atom is 0.115 e. The molecule has 2 aromatic carbocycles. The van der Waals surface area contributed by atoms with Crippen molar-refractivity contribution in [1.29, 1.82) is 0 Å². The molecule has 128 valence electrons. The summed E-state index contributed by atoms with van der Waals surface area (Å²) in [5.74, 6) is 0.877. The number of hydrogen-bond acceptors (Lipinski definition) is 3. The molecule has 1 saturated heterocycles. The average molecular weight is 325 g/mol. The van der Waals surface area contributed by atoms with Gasteiger partial charge in [0.15, 0.2) is 0 Å². The van der Waals surface area contributed by atoms with Gasteiger partial charge in [0, 0.05) is 25.1 Å². The number of aryl methyl sites for hydroxylation is 1. The summed E-state index contributed by atoms with van der Waals surface area (Å²) >= 11 is 0. The number of benzene rings is 2. The first-order valence-corrected chi connectivity index (χ1v) is 8.90. The summed E-state index contributed by atoms with van der Waals surface area (Å²) in [7, 11) is 0. The molecule has 3 atom stereocenters. The third-order valence-corrected chi connectivity index (χ3v) is 4.87. The second-order valence-corrected chi connectivity index (χ2v) is 6.77. The molecule has 0 unspecified atom stereocenters. The lowest BCUT2D eigenvalue weighted by Gasteiger charge is -2.22. The van der Waals surface area contributed by atoms with Gasteiger partial charge in [-0.1, -0.05) is 42.5 Å². The first-order valence-electron chi connectivity index (χ1n) is 8.90. The van der Waals surface area contributed by atoms with Gasteiger partial charge in [-0.25, -0.2) is 0 Å². The van der Waals surface area contributed by atoms with Crippen molar-refractivity contribution in [3.05, 3.63) is 65.7 Å². The van der Waals surface area contributed by atoms with E-state index in [9.17, 15) is 5.11 Å². The Labute approximate surface area is 144 Å². The second kappa shape index (κ2) is 8.32. The molecule has 1 fully saturated rings. The van der Waals surface area contributed by atoms with Crippen molar-refractivity contribution in [2.45, 2.75) is 38.3 Å². The minimum atomic E-state index is 0.225. The lowest BCUT2D eigenvalue weighted by atomic mass is 9.95. The maximum atomic E-state index is 9.33. The Hall–Kier alpha value is -1.84. The Balaban J connectivity index is 1.45. The van der Waals surface area contributed by atoms with Gasteiger partial charge in [0.05, 0.1) is 6.10 Å². The standard InChI is InChI=1S/C21H27NO2/c1-16(7-8-17-9-11-20(23)12-10-17)22-15-19-13-14-24-21(19)18-5-3-2-4-6-18/h2-6,9-12,16,19,21-23H,7-8,13-15H2,1H3/t16-,19+,21+/m1/s1. The second-order valence-electron chi connectivity index (χ2n) is 6.77. The van der Waals surface area contributed by atoms with Crippen molar-refractivity contribution in [1.82, 2.24) is 5.32 Å². The smallest absolute Gasteiger partial charge is 0.115 e. The molecule has 0 aromatic heterocycles. The fraction of sp³-hybridized carbons (Fsp3) is 0.429. The Morgan fingerprint density at radius 3 is 2.62 bits per heavy atom. The topological polar surface area (TPSA) is 41.5 Å². The summed E-state index contributed by atoms with van der Waals surface area (Å²) in [6, 6.07) is 18.5. The minimum absolute atomic E-state index is 0.225. The molecule has 3 heteroatoms. The normalized spacial score (nSPS) is 21.7. The van der Waals surface area contributed by atoms with Gasteiger partial charge in [-0.05, 0) is 49.4 Å². The van der Waals surface area contributed by atoms with E-state index < -0.39 is 0 Å². The van der Waals surface area contributed by atoms with Crippen LogP contribution in [0.3, 0.4) is 0 Å². The first kappa shape index (κ1) is 17.0. The van der Waals surface area contributed by atoms with Crippen LogP contribution < -0.4 is 5.32 Å². The molecule has 0 aliphatic carbocycles. The minimum Gasteiger partial charge on any atom is -0.508 e. The van der Waals surface area contributed by atoms with Gasteiger partial charge >= 0.3 is 0 Å². The lowest BCUT2D eigenvalue weighted by Crippen LogP contribution is -2.32. The highest BCUT2D eigenvalue weighted by atomic mass is 16.5. The molecule has 0 radical (unpaired) electrons. The lowest BCUT2D eigenvalue weighted by molar-refractivity contribution is 0.0899. The Bertz CT molecular complexity index is 611. The highest BCUT2D eigenvalue weighted by Crippen LogP contribution is 2.33. The predicted molar refractivity (Wildman–Crippen MR) is 97.1 cm³/mol. The highest BCUT2D eigenvalue weighted by molar-refractivity contribution is 5.26. The summed E-state index contributed by atoms with van der Waals surface area (Å²) in [6.07, 6.45) is 3.46. The molecule has 24 heavy (non-hydrogen) atoms. The van der Waals surface area contributed by atoms with Gasteiger partial charge in [-0.15, -0.1) is 0 Å². The van der Waals surface area contributed by atoms with Crippen LogP contribution in [0.25, 0.3) is 0 Å². The van der Waals surface area contributed by atoms with E-state index in [1.165, 1.54) is 11.1 Å². The number of hydrogen-bond donors (Lipinski definition) is 2. The van der Waals surface area contributed by atoms with E-state index in [4.69, 9.17) is 4.74 Å². The predicted octanol–water partition coefficient (Wildman–Crippen LogP) is 4.08. The monoisotopic (exact) mass is 325 g/mol. The Kier molecular flexibility index (Phi) is 5.89. The van der Waals surface area contributed by atoms with Crippen molar-refractivity contribution < 1.29 is 9.84 Å². The summed E-state index contributed by atoms with van der Waals surface area (Å²) < 4.78 is 5.96. The zero-order chi connectivity index (χ0) is 16.8. The number of rotatable bonds is 7. The number of ether oxygens (including phenoxy) is 1. The van der Waals surface area contributed by atoms with E-state index in [0.29, 0.717) is 17.7 Å². The van der Waals surface area contributed by atoms with Crippen LogP contribution >= 0.6 is 0 Å². The van der Waals surface area contributed by atoms with Crippen LogP contribution in [0.2, 0.25) is 0 Å². The van der Waals surface area contributed by atoms with Gasteiger partial charge < -0.3 is 15.2 Å². The van der Waals surface area contributed by atoms with Crippen LogP contribution in [0, 0.1) is 5.92 Å². The molecular weight excluding hydrogens is 298 g/mol. The summed E-state index contributed by atoms with van der Waals surface area (Å²) in [6.45, 7) is 4.10. The third-order valence-electron chi connectivity index (χ3n) is 4.87. The van der Waals surface area contributed by atoms with Crippen LogP contribution in [-0.2, 0) is 11.2 Å². The largest absolute Gasteiger partial charge is 0.508 e. The maximum absolute atomic E-state index is 9.33. The quantitative estimate of drug-likeness (QED) is 0.806. The summed E-state index contributed by atoms with van der Waals surface area (Å²) in [5, 5.41) is 13.0. The molecular formula is C21H27NO2. The van der Waals surface area contributed by atoms with E-state index >= 15 is 0 Å². The molecule has 3 rings (SSSR count). The molecule has 1 aliphatic rings. The van der Waals surface area contributed by atoms with Gasteiger partial charge in [-0.3, -0.25) is 0 Å². The zero-order valence-corrected chi connectivity index (χ0v) is 14.3. The van der Waals surface area contributed by atoms with E-state index in [1.807, 2.05) is 12.1 Å². The molecule has 1 aliphatic heterocycles. The average Bonchev–Trinajstić information content (AvgIpc) is 3.09. The third kappa shape index (κ3) is 4.59. The van der Waals surface area contributed by atoms with Crippen molar-refractivity contribution in [2.24, 2.45) is 5.92 Å². The SMILES string of the molecule is C[C@H](CCc1ccc(O)cc1)NC[C@@H]1CCO[C@H]1c1ccccc1. The fourth-order valence-corrected chi connectivity index (χ4v) is 3.35. The molecule has 1 heterocycles. The van der Waals surface area contributed by atoms with Crippen LogP contribution in [0.1, 0.15) is 37.0 Å². The van der Waals surface area contributed by atoms with Crippen LogP contribution in [0.15, 0.2) is 54.6 Å². The van der Waals surface area contributed by atoms with Gasteiger partial charge in [-0.2, -0.15) is 0 Å². The van der Waals surface area contributed by atoms with Crippen LogP contribution in [-0.4, -0.2) is 24.3 Å². The van der Waals surface area contributed by atoms with Gasteiger partial charge in [0.25, 0.3) is 0 Å². The molecule has 0 amide bonds. The van der Waals surface area contributed by atoms with Crippen molar-refractivity contribution >= 4 is 0 Å². The summed E-state index contributed by atoms with van der Waals surface area (Å²) in [4.78, 5) is 0. The number of nitrogens with one attached hydrogen (secondary N) is 1. The zero-order valence-electron chi connectivity index (χ0n) is 14.3. The molecule has 3 nitrogen and oxygen atoms in total. The van der Waals surface area contributed by atoms with Gasteiger partial charge in [0.1, 0.15) is 5.75 Å².